The predicted molar refractivity (Wildman–Crippen MR) is 103 cm³/mol. The summed E-state index contributed by atoms with van der Waals surface area (Å²) in [5.41, 5.74) is 6.72. The number of hydrogen-bond donors (Lipinski definition) is 0. The van der Waals surface area contributed by atoms with E-state index in [0.717, 1.165) is 44.8 Å². The van der Waals surface area contributed by atoms with Gasteiger partial charge in [-0.05, 0) is 50.3 Å². The van der Waals surface area contributed by atoms with Crippen LogP contribution in [0.25, 0.3) is 5.78 Å². The van der Waals surface area contributed by atoms with Crippen LogP contribution in [0.2, 0.25) is 0 Å². The summed E-state index contributed by atoms with van der Waals surface area (Å²) in [6.45, 7) is 8.47. The zero-order chi connectivity index (χ0) is 17.7. The molecule has 6 heteroatoms. The fourth-order valence-corrected chi connectivity index (χ4v) is 4.36. The summed E-state index contributed by atoms with van der Waals surface area (Å²) in [5.74, 6) is 1.96. The van der Waals surface area contributed by atoms with Crippen LogP contribution in [-0.2, 0) is 12.8 Å². The van der Waals surface area contributed by atoms with Gasteiger partial charge in [0.15, 0.2) is 0 Å². The number of anilines is 2. The largest absolute Gasteiger partial charge is 0.368 e. The molecule has 0 unspecified atom stereocenters. The lowest BCUT2D eigenvalue weighted by Crippen LogP contribution is -2.47. The summed E-state index contributed by atoms with van der Waals surface area (Å²) < 4.78 is 1.94. The van der Waals surface area contributed by atoms with Crippen LogP contribution in [-0.4, -0.2) is 45.8 Å². The summed E-state index contributed by atoms with van der Waals surface area (Å²) in [5, 5.41) is 4.46. The van der Waals surface area contributed by atoms with Gasteiger partial charge in [-0.1, -0.05) is 12.1 Å². The number of benzene rings is 1. The topological polar surface area (TPSA) is 49.6 Å². The van der Waals surface area contributed by atoms with Crippen molar-refractivity contribution in [1.29, 1.82) is 0 Å². The van der Waals surface area contributed by atoms with E-state index in [1.54, 1.807) is 6.33 Å². The van der Waals surface area contributed by atoms with Crippen LogP contribution in [0.3, 0.4) is 0 Å². The van der Waals surface area contributed by atoms with E-state index in [2.05, 4.69) is 51.9 Å². The maximum atomic E-state index is 4.71. The van der Waals surface area contributed by atoms with Crippen LogP contribution in [0.5, 0.6) is 0 Å². The molecule has 2 aromatic heterocycles. The van der Waals surface area contributed by atoms with Gasteiger partial charge in [0, 0.05) is 37.4 Å². The van der Waals surface area contributed by atoms with Crippen molar-refractivity contribution in [3.8, 4) is 0 Å². The second-order valence-electron chi connectivity index (χ2n) is 7.38. The predicted octanol–water partition coefficient (Wildman–Crippen LogP) is 2.56. The van der Waals surface area contributed by atoms with Crippen LogP contribution in [0.15, 0.2) is 24.5 Å². The molecule has 5 rings (SSSR count). The van der Waals surface area contributed by atoms with Crippen molar-refractivity contribution in [3.63, 3.8) is 0 Å². The molecule has 26 heavy (non-hydrogen) atoms. The van der Waals surface area contributed by atoms with E-state index < -0.39 is 0 Å². The Morgan fingerprint density at radius 1 is 0.962 bits per heavy atom. The highest BCUT2D eigenvalue weighted by atomic mass is 15.4. The molecule has 1 saturated heterocycles. The molecule has 0 amide bonds. The van der Waals surface area contributed by atoms with Crippen molar-refractivity contribution in [1.82, 2.24) is 19.6 Å². The first-order chi connectivity index (χ1) is 12.7. The van der Waals surface area contributed by atoms with E-state index in [1.165, 1.54) is 40.3 Å². The lowest BCUT2D eigenvalue weighted by molar-refractivity contribution is 0.634. The molecule has 1 aliphatic carbocycles. The van der Waals surface area contributed by atoms with Gasteiger partial charge in [-0.3, -0.25) is 0 Å². The minimum absolute atomic E-state index is 0.734. The van der Waals surface area contributed by atoms with E-state index >= 15 is 0 Å². The Hall–Kier alpha value is -2.63. The smallest absolute Gasteiger partial charge is 0.254 e. The maximum Gasteiger partial charge on any atom is 0.254 e. The van der Waals surface area contributed by atoms with Crippen molar-refractivity contribution in [2.45, 2.75) is 33.1 Å². The van der Waals surface area contributed by atoms with E-state index in [-0.39, 0.29) is 0 Å². The summed E-state index contributed by atoms with van der Waals surface area (Å²) in [6, 6.07) is 6.60. The van der Waals surface area contributed by atoms with Gasteiger partial charge in [0.2, 0.25) is 0 Å². The molecule has 6 nitrogen and oxygen atoms in total. The van der Waals surface area contributed by atoms with Gasteiger partial charge >= 0.3 is 0 Å². The first kappa shape index (κ1) is 15.6. The Morgan fingerprint density at radius 2 is 1.77 bits per heavy atom. The van der Waals surface area contributed by atoms with Gasteiger partial charge in [0.1, 0.15) is 12.1 Å². The minimum atomic E-state index is 0.734. The number of nitrogens with zero attached hydrogens (tertiary/aromatic N) is 6. The quantitative estimate of drug-likeness (QED) is 0.712. The van der Waals surface area contributed by atoms with Crippen LogP contribution in [0.4, 0.5) is 11.5 Å². The van der Waals surface area contributed by atoms with Crippen LogP contribution >= 0.6 is 0 Å². The molecule has 0 spiro atoms. The third-order valence-electron chi connectivity index (χ3n) is 5.92. The normalized spacial score (nSPS) is 17.2. The first-order valence-corrected chi connectivity index (χ1v) is 9.50. The maximum absolute atomic E-state index is 4.71. The van der Waals surface area contributed by atoms with Crippen molar-refractivity contribution in [3.05, 3.63) is 46.9 Å². The van der Waals surface area contributed by atoms with E-state index in [1.807, 2.05) is 4.52 Å². The van der Waals surface area contributed by atoms with Crippen LogP contribution in [0, 0.1) is 13.8 Å². The van der Waals surface area contributed by atoms with Crippen LogP contribution < -0.4 is 9.80 Å². The van der Waals surface area contributed by atoms with E-state index in [0.29, 0.717) is 0 Å². The number of rotatable bonds is 2. The van der Waals surface area contributed by atoms with E-state index in [4.69, 9.17) is 4.98 Å². The monoisotopic (exact) mass is 348 g/mol. The highest BCUT2D eigenvalue weighted by Crippen LogP contribution is 2.32. The standard InChI is InChI=1S/C20H24N6/c1-14-5-3-8-18(15(14)2)24-9-11-25(12-10-24)19-16-6-4-7-17(16)23-20-21-13-22-26(19)20/h3,5,8,13H,4,6-7,9-12H2,1-2H3. The molecule has 1 aliphatic heterocycles. The summed E-state index contributed by atoms with van der Waals surface area (Å²) >= 11 is 0. The number of aryl methyl sites for hydroxylation is 2. The molecule has 1 fully saturated rings. The Balaban J connectivity index is 1.45. The zero-order valence-electron chi connectivity index (χ0n) is 15.4. The Labute approximate surface area is 153 Å². The Bertz CT molecular complexity index is 968. The molecule has 0 N–H and O–H groups in total. The second-order valence-corrected chi connectivity index (χ2v) is 7.38. The van der Waals surface area contributed by atoms with Crippen molar-refractivity contribution < 1.29 is 0 Å². The fourth-order valence-electron chi connectivity index (χ4n) is 4.36. The average Bonchev–Trinajstić information content (AvgIpc) is 3.31. The molecule has 0 radical (unpaired) electrons. The van der Waals surface area contributed by atoms with Gasteiger partial charge in [-0.15, -0.1) is 0 Å². The van der Waals surface area contributed by atoms with Gasteiger partial charge in [-0.2, -0.15) is 14.6 Å². The Kier molecular flexibility index (Phi) is 3.58. The number of fused-ring (bicyclic) bond motifs is 2. The molecule has 0 bridgehead atoms. The van der Waals surface area contributed by atoms with Crippen molar-refractivity contribution >= 4 is 17.3 Å². The summed E-state index contributed by atoms with van der Waals surface area (Å²) in [4.78, 5) is 14.0. The van der Waals surface area contributed by atoms with Crippen molar-refractivity contribution in [2.75, 3.05) is 36.0 Å². The molecular weight excluding hydrogens is 324 g/mol. The van der Waals surface area contributed by atoms with E-state index in [9.17, 15) is 0 Å². The molecule has 0 atom stereocenters. The first-order valence-electron chi connectivity index (χ1n) is 9.50. The third kappa shape index (κ3) is 2.35. The van der Waals surface area contributed by atoms with Gasteiger partial charge in [0.25, 0.3) is 5.78 Å². The lowest BCUT2D eigenvalue weighted by atomic mass is 10.1. The fraction of sp³-hybridized carbons (Fsp3) is 0.450. The molecule has 134 valence electrons. The second kappa shape index (κ2) is 5.97. The molecule has 0 saturated carbocycles. The number of hydrogen-bond acceptors (Lipinski definition) is 5. The molecule has 3 aromatic rings. The summed E-state index contributed by atoms with van der Waals surface area (Å²) in [7, 11) is 0. The average molecular weight is 348 g/mol. The molecule has 2 aliphatic rings. The number of aromatic nitrogens is 4. The highest BCUT2D eigenvalue weighted by Gasteiger charge is 2.27. The lowest BCUT2D eigenvalue weighted by Gasteiger charge is -2.38. The summed E-state index contributed by atoms with van der Waals surface area (Å²) in [6.07, 6.45) is 4.97. The zero-order valence-corrected chi connectivity index (χ0v) is 15.4. The van der Waals surface area contributed by atoms with Crippen LogP contribution in [0.1, 0.15) is 28.8 Å². The third-order valence-corrected chi connectivity index (χ3v) is 5.92. The Morgan fingerprint density at radius 3 is 2.62 bits per heavy atom. The molecule has 3 heterocycles. The van der Waals surface area contributed by atoms with Gasteiger partial charge in [0.05, 0.1) is 5.69 Å². The van der Waals surface area contributed by atoms with Gasteiger partial charge < -0.3 is 9.80 Å². The highest BCUT2D eigenvalue weighted by molar-refractivity contribution is 5.60. The van der Waals surface area contributed by atoms with Gasteiger partial charge in [-0.25, -0.2) is 4.98 Å². The van der Waals surface area contributed by atoms with Crippen molar-refractivity contribution in [2.24, 2.45) is 0 Å². The SMILES string of the molecule is Cc1cccc(N2CCN(c3c4c(nc5ncnn35)CCC4)CC2)c1C. The molecular formula is C20H24N6. The minimum Gasteiger partial charge on any atom is -0.368 e. The number of piperazine rings is 1. The molecule has 1 aromatic carbocycles.